The third-order valence-corrected chi connectivity index (χ3v) is 7.51. The predicted octanol–water partition coefficient (Wildman–Crippen LogP) is 2.72. The van der Waals surface area contributed by atoms with Gasteiger partial charge in [-0.25, -0.2) is 22.0 Å². The van der Waals surface area contributed by atoms with Crippen LogP contribution in [0.4, 0.5) is 13.6 Å². The first-order valence-electron chi connectivity index (χ1n) is 10.4. The van der Waals surface area contributed by atoms with Gasteiger partial charge in [-0.2, -0.15) is 4.31 Å². The Bertz CT molecular complexity index is 818. The van der Waals surface area contributed by atoms with E-state index in [2.05, 4.69) is 5.32 Å². The van der Waals surface area contributed by atoms with Crippen LogP contribution in [0, 0.1) is 11.6 Å². The summed E-state index contributed by atoms with van der Waals surface area (Å²) in [6.45, 7) is 4.13. The molecule has 3 rings (SSSR count). The summed E-state index contributed by atoms with van der Waals surface area (Å²) < 4.78 is 59.3. The molecular formula is C20H29F2N3O4S. The zero-order valence-corrected chi connectivity index (χ0v) is 18.0. The first-order valence-corrected chi connectivity index (χ1v) is 11.9. The third-order valence-electron chi connectivity index (χ3n) is 5.64. The maximum absolute atomic E-state index is 13.5. The molecule has 1 N–H and O–H groups in total. The summed E-state index contributed by atoms with van der Waals surface area (Å²) >= 11 is 0. The lowest BCUT2D eigenvalue weighted by atomic mass is 9.99. The van der Waals surface area contributed by atoms with Gasteiger partial charge in [-0.15, -0.1) is 0 Å². The van der Waals surface area contributed by atoms with E-state index in [0.29, 0.717) is 38.7 Å². The van der Waals surface area contributed by atoms with Gasteiger partial charge in [0, 0.05) is 51.0 Å². The first-order chi connectivity index (χ1) is 14.3. The highest BCUT2D eigenvalue weighted by atomic mass is 32.2. The lowest BCUT2D eigenvalue weighted by molar-refractivity contribution is 0.0255. The van der Waals surface area contributed by atoms with E-state index >= 15 is 0 Å². The quantitative estimate of drug-likeness (QED) is 0.730. The van der Waals surface area contributed by atoms with Crippen LogP contribution in [-0.2, 0) is 14.8 Å². The van der Waals surface area contributed by atoms with Gasteiger partial charge in [-0.3, -0.25) is 0 Å². The van der Waals surface area contributed by atoms with E-state index in [1.807, 2.05) is 11.8 Å². The van der Waals surface area contributed by atoms with Crippen molar-refractivity contribution in [3.8, 4) is 0 Å². The number of carbonyl (C=O) groups excluding carboxylic acids is 1. The zero-order chi connectivity index (χ0) is 21.7. The Labute approximate surface area is 176 Å². The van der Waals surface area contributed by atoms with Crippen molar-refractivity contribution < 1.29 is 26.7 Å². The minimum atomic E-state index is -4.00. The summed E-state index contributed by atoms with van der Waals surface area (Å²) in [7, 11) is -4.00. The lowest BCUT2D eigenvalue weighted by Gasteiger charge is -2.43. The van der Waals surface area contributed by atoms with Gasteiger partial charge in [-0.1, -0.05) is 6.92 Å². The molecule has 30 heavy (non-hydrogen) atoms. The Morgan fingerprint density at radius 1 is 1.10 bits per heavy atom. The highest BCUT2D eigenvalue weighted by Gasteiger charge is 2.37. The fraction of sp³-hybridized carbons (Fsp3) is 0.650. The number of ether oxygens (including phenoxy) is 1. The molecule has 0 radical (unpaired) electrons. The van der Waals surface area contributed by atoms with Crippen molar-refractivity contribution in [2.75, 3.05) is 32.8 Å². The molecule has 7 nitrogen and oxygen atoms in total. The van der Waals surface area contributed by atoms with Crippen LogP contribution in [0.25, 0.3) is 0 Å². The minimum absolute atomic E-state index is 0.0566. The summed E-state index contributed by atoms with van der Waals surface area (Å²) in [5.41, 5.74) is 0. The van der Waals surface area contributed by atoms with Gasteiger partial charge >= 0.3 is 6.03 Å². The number of amides is 2. The molecule has 1 aromatic carbocycles. The molecule has 0 unspecified atom stereocenters. The zero-order valence-electron chi connectivity index (χ0n) is 17.1. The summed E-state index contributed by atoms with van der Waals surface area (Å²) in [5, 5.41) is 2.94. The SMILES string of the molecule is CCCNC(=O)N(C1CCOCC1)C1CCN(S(=O)(=O)c2cc(F)cc(F)c2)CC1. The van der Waals surface area contributed by atoms with Gasteiger partial charge in [0.05, 0.1) is 4.90 Å². The molecule has 168 valence electrons. The number of halogens is 2. The molecule has 2 aliphatic heterocycles. The van der Waals surface area contributed by atoms with Crippen LogP contribution < -0.4 is 5.32 Å². The number of benzene rings is 1. The fourth-order valence-electron chi connectivity index (χ4n) is 4.10. The number of rotatable bonds is 6. The average Bonchev–Trinajstić information content (AvgIpc) is 2.73. The number of sulfonamides is 1. The van der Waals surface area contributed by atoms with Crippen LogP contribution in [0.15, 0.2) is 23.1 Å². The fourth-order valence-corrected chi connectivity index (χ4v) is 5.62. The van der Waals surface area contributed by atoms with Crippen LogP contribution in [0.2, 0.25) is 0 Å². The van der Waals surface area contributed by atoms with Crippen molar-refractivity contribution in [2.24, 2.45) is 0 Å². The van der Waals surface area contributed by atoms with Gasteiger partial charge < -0.3 is 15.0 Å². The molecule has 1 aromatic rings. The Morgan fingerprint density at radius 3 is 2.23 bits per heavy atom. The summed E-state index contributed by atoms with van der Waals surface area (Å²) in [4.78, 5) is 14.3. The molecule has 0 saturated carbocycles. The van der Waals surface area contributed by atoms with E-state index in [1.54, 1.807) is 0 Å². The smallest absolute Gasteiger partial charge is 0.317 e. The molecule has 2 aliphatic rings. The average molecular weight is 446 g/mol. The Balaban J connectivity index is 1.71. The number of hydrogen-bond donors (Lipinski definition) is 1. The molecular weight excluding hydrogens is 416 g/mol. The van der Waals surface area contributed by atoms with E-state index < -0.39 is 21.7 Å². The van der Waals surface area contributed by atoms with Crippen molar-refractivity contribution in [3.05, 3.63) is 29.8 Å². The standard InChI is InChI=1S/C20H29F2N3O4S/c1-2-7-23-20(26)25(18-5-10-29-11-6-18)17-3-8-24(9-4-17)30(27,28)19-13-15(21)12-16(22)14-19/h12-14,17-18H,2-11H2,1H3,(H,23,26). The number of carbonyl (C=O) groups is 1. The van der Waals surface area contributed by atoms with Crippen molar-refractivity contribution in [2.45, 2.75) is 56.0 Å². The molecule has 0 spiro atoms. The third kappa shape index (κ3) is 5.28. The summed E-state index contributed by atoms with van der Waals surface area (Å²) in [6, 6.07) is 2.14. The van der Waals surface area contributed by atoms with E-state index in [-0.39, 0.29) is 36.1 Å². The molecule has 0 bridgehead atoms. The highest BCUT2D eigenvalue weighted by Crippen LogP contribution is 2.27. The molecule has 10 heteroatoms. The number of nitrogens with one attached hydrogen (secondary N) is 1. The summed E-state index contributed by atoms with van der Waals surface area (Å²) in [5.74, 6) is -1.86. The molecule has 0 atom stereocenters. The molecule has 0 aliphatic carbocycles. The van der Waals surface area contributed by atoms with Crippen LogP contribution >= 0.6 is 0 Å². The van der Waals surface area contributed by atoms with Crippen molar-refractivity contribution in [1.29, 1.82) is 0 Å². The van der Waals surface area contributed by atoms with Crippen LogP contribution in [0.5, 0.6) is 0 Å². The Hall–Kier alpha value is -1.78. The van der Waals surface area contributed by atoms with Gasteiger partial charge in [0.1, 0.15) is 11.6 Å². The normalized spacial score (nSPS) is 19.6. The van der Waals surface area contributed by atoms with Crippen LogP contribution in [-0.4, -0.2) is 68.6 Å². The monoisotopic (exact) mass is 445 g/mol. The molecule has 2 saturated heterocycles. The maximum Gasteiger partial charge on any atom is 0.317 e. The second-order valence-electron chi connectivity index (χ2n) is 7.72. The number of hydrogen-bond acceptors (Lipinski definition) is 4. The number of urea groups is 1. The second kappa shape index (κ2) is 10.0. The van der Waals surface area contributed by atoms with Gasteiger partial charge in [0.2, 0.25) is 10.0 Å². The predicted molar refractivity (Wildman–Crippen MR) is 108 cm³/mol. The maximum atomic E-state index is 13.5. The molecule has 2 heterocycles. The minimum Gasteiger partial charge on any atom is -0.381 e. The molecule has 2 amide bonds. The highest BCUT2D eigenvalue weighted by molar-refractivity contribution is 7.89. The van der Waals surface area contributed by atoms with Gasteiger partial charge in [-0.05, 0) is 44.2 Å². The van der Waals surface area contributed by atoms with Crippen LogP contribution in [0.1, 0.15) is 39.0 Å². The number of piperidine rings is 1. The second-order valence-corrected chi connectivity index (χ2v) is 9.66. The molecule has 0 aromatic heterocycles. The van der Waals surface area contributed by atoms with Gasteiger partial charge in [0.25, 0.3) is 0 Å². The molecule has 2 fully saturated rings. The van der Waals surface area contributed by atoms with E-state index in [1.165, 1.54) is 4.31 Å². The van der Waals surface area contributed by atoms with Crippen molar-refractivity contribution >= 4 is 16.1 Å². The van der Waals surface area contributed by atoms with E-state index in [4.69, 9.17) is 4.74 Å². The van der Waals surface area contributed by atoms with Crippen molar-refractivity contribution in [1.82, 2.24) is 14.5 Å². The Kier molecular flexibility index (Phi) is 7.65. The largest absolute Gasteiger partial charge is 0.381 e. The lowest BCUT2D eigenvalue weighted by Crippen LogP contribution is -2.56. The van der Waals surface area contributed by atoms with Gasteiger partial charge in [0.15, 0.2) is 0 Å². The summed E-state index contributed by atoms with van der Waals surface area (Å²) in [6.07, 6.45) is 3.26. The first kappa shape index (κ1) is 22.9. The number of nitrogens with zero attached hydrogens (tertiary/aromatic N) is 2. The van der Waals surface area contributed by atoms with Crippen molar-refractivity contribution in [3.63, 3.8) is 0 Å². The Morgan fingerprint density at radius 2 is 1.67 bits per heavy atom. The van der Waals surface area contributed by atoms with E-state index in [9.17, 15) is 22.0 Å². The van der Waals surface area contributed by atoms with E-state index in [0.717, 1.165) is 31.4 Å². The topological polar surface area (TPSA) is 79.0 Å². The van der Waals surface area contributed by atoms with Crippen LogP contribution in [0.3, 0.4) is 0 Å².